The van der Waals surface area contributed by atoms with Gasteiger partial charge in [-0.15, -0.1) is 0 Å². The van der Waals surface area contributed by atoms with Crippen LogP contribution in [0.1, 0.15) is 11.1 Å². The molecule has 0 aromatic heterocycles. The first-order valence-corrected chi connectivity index (χ1v) is 7.49. The highest BCUT2D eigenvalue weighted by Crippen LogP contribution is 2.29. The van der Waals surface area contributed by atoms with Crippen molar-refractivity contribution in [1.29, 1.82) is 0 Å². The number of nitro groups is 1. The van der Waals surface area contributed by atoms with Crippen LogP contribution < -0.4 is 4.90 Å². The molecule has 0 fully saturated rings. The third-order valence-corrected chi connectivity index (χ3v) is 3.62. The van der Waals surface area contributed by atoms with Crippen molar-refractivity contribution in [3.05, 3.63) is 75.5 Å². The number of carbonyl (C=O) groups is 1. The number of nitro benzene ring substituents is 1. The highest BCUT2D eigenvalue weighted by molar-refractivity contribution is 6.12. The Morgan fingerprint density at radius 3 is 2.52 bits per heavy atom. The maximum atomic E-state index is 12.0. The SMILES string of the molecule is CN(C)c1ccc(C=C2N=C(c3ccccc3)OC2=O)cc1[N+](=O)[O-]. The van der Waals surface area contributed by atoms with E-state index in [0.29, 0.717) is 16.8 Å². The van der Waals surface area contributed by atoms with E-state index in [2.05, 4.69) is 4.99 Å². The number of hydrogen-bond donors (Lipinski definition) is 0. The molecular weight excluding hydrogens is 322 g/mol. The Bertz CT molecular complexity index is 902. The molecule has 1 aliphatic heterocycles. The third kappa shape index (κ3) is 3.40. The Balaban J connectivity index is 1.98. The Morgan fingerprint density at radius 1 is 1.16 bits per heavy atom. The monoisotopic (exact) mass is 337 g/mol. The molecule has 7 nitrogen and oxygen atoms in total. The van der Waals surface area contributed by atoms with Crippen LogP contribution in [0.2, 0.25) is 0 Å². The average molecular weight is 337 g/mol. The standard InChI is InChI=1S/C18H15N3O4/c1-20(2)15-9-8-12(11-16(15)21(23)24)10-14-18(22)25-17(19-14)13-6-4-3-5-7-13/h3-11H,1-2H3. The lowest BCUT2D eigenvalue weighted by molar-refractivity contribution is -0.384. The first kappa shape index (κ1) is 16.4. The summed E-state index contributed by atoms with van der Waals surface area (Å²) < 4.78 is 5.17. The van der Waals surface area contributed by atoms with Crippen molar-refractivity contribution in [3.63, 3.8) is 0 Å². The Hall–Kier alpha value is -3.48. The Labute approximate surface area is 144 Å². The molecule has 0 saturated heterocycles. The first-order valence-electron chi connectivity index (χ1n) is 7.49. The van der Waals surface area contributed by atoms with Crippen molar-refractivity contribution >= 4 is 29.3 Å². The maximum Gasteiger partial charge on any atom is 0.363 e. The summed E-state index contributed by atoms with van der Waals surface area (Å²) >= 11 is 0. The van der Waals surface area contributed by atoms with Crippen molar-refractivity contribution < 1.29 is 14.5 Å². The van der Waals surface area contributed by atoms with Gasteiger partial charge < -0.3 is 9.64 Å². The summed E-state index contributed by atoms with van der Waals surface area (Å²) in [6.07, 6.45) is 1.48. The molecule has 0 aliphatic carbocycles. The van der Waals surface area contributed by atoms with E-state index in [1.807, 2.05) is 18.2 Å². The smallest absolute Gasteiger partial charge is 0.363 e. The van der Waals surface area contributed by atoms with E-state index in [0.717, 1.165) is 0 Å². The lowest BCUT2D eigenvalue weighted by atomic mass is 10.1. The van der Waals surface area contributed by atoms with E-state index in [4.69, 9.17) is 4.74 Å². The number of anilines is 1. The lowest BCUT2D eigenvalue weighted by Crippen LogP contribution is -2.11. The normalized spacial score (nSPS) is 15.0. The minimum Gasteiger partial charge on any atom is -0.402 e. The summed E-state index contributed by atoms with van der Waals surface area (Å²) in [6, 6.07) is 13.8. The van der Waals surface area contributed by atoms with Crippen molar-refractivity contribution in [3.8, 4) is 0 Å². The maximum absolute atomic E-state index is 12.0. The van der Waals surface area contributed by atoms with Crippen molar-refractivity contribution in [2.24, 2.45) is 4.99 Å². The van der Waals surface area contributed by atoms with Gasteiger partial charge in [0.15, 0.2) is 5.70 Å². The van der Waals surface area contributed by atoms with Crippen molar-refractivity contribution in [2.45, 2.75) is 0 Å². The zero-order valence-electron chi connectivity index (χ0n) is 13.7. The summed E-state index contributed by atoms with van der Waals surface area (Å²) in [5, 5.41) is 11.3. The van der Waals surface area contributed by atoms with Crippen molar-refractivity contribution in [1.82, 2.24) is 0 Å². The molecule has 2 aromatic carbocycles. The van der Waals surface area contributed by atoms with Gasteiger partial charge in [-0.3, -0.25) is 10.1 Å². The van der Waals surface area contributed by atoms with E-state index >= 15 is 0 Å². The molecule has 126 valence electrons. The number of nitrogens with zero attached hydrogens (tertiary/aromatic N) is 3. The second-order valence-electron chi connectivity index (χ2n) is 5.60. The molecule has 7 heteroatoms. The van der Waals surface area contributed by atoms with E-state index in [1.165, 1.54) is 12.1 Å². The van der Waals surface area contributed by atoms with Crippen LogP contribution in [0.4, 0.5) is 11.4 Å². The number of hydrogen-bond acceptors (Lipinski definition) is 6. The van der Waals surface area contributed by atoms with Gasteiger partial charge in [-0.05, 0) is 29.8 Å². The Morgan fingerprint density at radius 2 is 1.88 bits per heavy atom. The number of aliphatic imine (C=N–C) groups is 1. The van der Waals surface area contributed by atoms with Crippen LogP contribution >= 0.6 is 0 Å². The molecule has 1 heterocycles. The van der Waals surface area contributed by atoms with Gasteiger partial charge in [-0.25, -0.2) is 9.79 Å². The molecule has 0 saturated carbocycles. The van der Waals surface area contributed by atoms with Gasteiger partial charge in [0.25, 0.3) is 5.69 Å². The van der Waals surface area contributed by atoms with Gasteiger partial charge in [0.05, 0.1) is 4.92 Å². The fourth-order valence-corrected chi connectivity index (χ4v) is 2.43. The van der Waals surface area contributed by atoms with Crippen LogP contribution in [-0.2, 0) is 9.53 Å². The summed E-state index contributed by atoms with van der Waals surface area (Å²) in [4.78, 5) is 28.7. The van der Waals surface area contributed by atoms with E-state index < -0.39 is 10.9 Å². The van der Waals surface area contributed by atoms with Gasteiger partial charge in [-0.1, -0.05) is 24.3 Å². The fraction of sp³-hybridized carbons (Fsp3) is 0.111. The minimum absolute atomic E-state index is 0.0435. The molecule has 0 bridgehead atoms. The fourth-order valence-electron chi connectivity index (χ4n) is 2.43. The predicted octanol–water partition coefficient (Wildman–Crippen LogP) is 3.01. The van der Waals surface area contributed by atoms with Gasteiger partial charge in [0, 0.05) is 25.7 Å². The zero-order chi connectivity index (χ0) is 18.0. The number of carbonyl (C=O) groups excluding carboxylic acids is 1. The van der Waals surface area contributed by atoms with E-state index in [1.54, 1.807) is 43.3 Å². The van der Waals surface area contributed by atoms with Crippen LogP contribution in [0.3, 0.4) is 0 Å². The second-order valence-corrected chi connectivity index (χ2v) is 5.60. The molecular formula is C18H15N3O4. The minimum atomic E-state index is -0.585. The number of ether oxygens (including phenoxy) is 1. The molecule has 0 unspecified atom stereocenters. The molecule has 0 amide bonds. The molecule has 25 heavy (non-hydrogen) atoms. The first-order chi connectivity index (χ1) is 12.0. The van der Waals surface area contributed by atoms with E-state index in [9.17, 15) is 14.9 Å². The molecule has 0 radical (unpaired) electrons. The number of esters is 1. The molecule has 1 aliphatic rings. The number of benzene rings is 2. The van der Waals surface area contributed by atoms with Crippen LogP contribution in [-0.4, -0.2) is 30.9 Å². The van der Waals surface area contributed by atoms with Crippen LogP contribution in [0, 0.1) is 10.1 Å². The largest absolute Gasteiger partial charge is 0.402 e. The molecule has 0 N–H and O–H groups in total. The van der Waals surface area contributed by atoms with Crippen LogP contribution in [0.5, 0.6) is 0 Å². The molecule has 0 atom stereocenters. The van der Waals surface area contributed by atoms with Gasteiger partial charge >= 0.3 is 5.97 Å². The highest BCUT2D eigenvalue weighted by atomic mass is 16.6. The quantitative estimate of drug-likeness (QED) is 0.370. The van der Waals surface area contributed by atoms with Gasteiger partial charge in [0.1, 0.15) is 5.69 Å². The molecule has 3 rings (SSSR count). The number of rotatable bonds is 4. The molecule has 0 spiro atoms. The van der Waals surface area contributed by atoms with Gasteiger partial charge in [-0.2, -0.15) is 0 Å². The van der Waals surface area contributed by atoms with Crippen LogP contribution in [0.25, 0.3) is 6.08 Å². The Kier molecular flexibility index (Phi) is 4.30. The predicted molar refractivity (Wildman–Crippen MR) is 94.5 cm³/mol. The third-order valence-electron chi connectivity index (χ3n) is 3.62. The van der Waals surface area contributed by atoms with Crippen LogP contribution in [0.15, 0.2) is 59.2 Å². The second kappa shape index (κ2) is 6.56. The summed E-state index contributed by atoms with van der Waals surface area (Å²) in [7, 11) is 3.45. The summed E-state index contributed by atoms with van der Waals surface area (Å²) in [6.45, 7) is 0. The molecule has 2 aromatic rings. The zero-order valence-corrected chi connectivity index (χ0v) is 13.7. The van der Waals surface area contributed by atoms with E-state index in [-0.39, 0.29) is 17.3 Å². The highest BCUT2D eigenvalue weighted by Gasteiger charge is 2.24. The number of cyclic esters (lactones) is 1. The summed E-state index contributed by atoms with van der Waals surface area (Å²) in [5.74, 6) is -0.366. The lowest BCUT2D eigenvalue weighted by Gasteiger charge is -2.12. The van der Waals surface area contributed by atoms with Crippen molar-refractivity contribution in [2.75, 3.05) is 19.0 Å². The topological polar surface area (TPSA) is 85.0 Å². The van der Waals surface area contributed by atoms with Gasteiger partial charge in [0.2, 0.25) is 5.90 Å². The summed E-state index contributed by atoms with van der Waals surface area (Å²) in [5.41, 5.74) is 1.73. The average Bonchev–Trinajstić information content (AvgIpc) is 2.96.